The first-order valence-corrected chi connectivity index (χ1v) is 10.7. The van der Waals surface area contributed by atoms with Gasteiger partial charge in [0, 0.05) is 27.6 Å². The Morgan fingerprint density at radius 3 is 2.69 bits per heavy atom. The lowest BCUT2D eigenvalue weighted by atomic mass is 10.0. The molecule has 0 atom stereocenters. The molecule has 0 aliphatic rings. The van der Waals surface area contributed by atoms with Crippen molar-refractivity contribution >= 4 is 37.9 Å². The molecule has 0 fully saturated rings. The molecule has 4 heterocycles. The van der Waals surface area contributed by atoms with Gasteiger partial charge < -0.3 is 0 Å². The molecule has 144 valence electrons. The predicted octanol–water partition coefficient (Wildman–Crippen LogP) is 3.86. The molecule has 6 nitrogen and oxygen atoms in total. The third-order valence-electron chi connectivity index (χ3n) is 4.88. The number of thiophene rings is 1. The highest BCUT2D eigenvalue weighted by atomic mass is 32.1. The van der Waals surface area contributed by atoms with Crippen molar-refractivity contribution in [3.63, 3.8) is 0 Å². The van der Waals surface area contributed by atoms with E-state index in [9.17, 15) is 9.59 Å². The van der Waals surface area contributed by atoms with E-state index in [-0.39, 0.29) is 17.7 Å². The molecule has 29 heavy (non-hydrogen) atoms. The van der Waals surface area contributed by atoms with Gasteiger partial charge >= 0.3 is 0 Å². The van der Waals surface area contributed by atoms with Crippen LogP contribution in [0.15, 0.2) is 57.7 Å². The highest BCUT2D eigenvalue weighted by Crippen LogP contribution is 2.35. The van der Waals surface area contributed by atoms with Gasteiger partial charge in [0.05, 0.1) is 24.0 Å². The van der Waals surface area contributed by atoms with Gasteiger partial charge in [0.2, 0.25) is 0 Å². The lowest BCUT2D eigenvalue weighted by molar-refractivity contribution is 0.728. The normalized spacial score (nSPS) is 11.5. The van der Waals surface area contributed by atoms with Crippen LogP contribution in [0.5, 0.6) is 0 Å². The minimum Gasteiger partial charge on any atom is -0.293 e. The average molecular weight is 421 g/mol. The Kier molecular flexibility index (Phi) is 4.18. The third kappa shape index (κ3) is 2.92. The van der Waals surface area contributed by atoms with Crippen LogP contribution in [0, 0.1) is 13.8 Å². The van der Waals surface area contributed by atoms with Crippen LogP contribution in [0.25, 0.3) is 26.3 Å². The fourth-order valence-corrected chi connectivity index (χ4v) is 5.45. The number of thiazole rings is 1. The SMILES string of the molecule is Cc1sc2ncn(Cc3cc(=O)n4c(C)csc4n3)c(=O)c2c1-c1ccccc1. The number of rotatable bonds is 3. The molecule has 0 spiro atoms. The molecule has 0 saturated carbocycles. The summed E-state index contributed by atoms with van der Waals surface area (Å²) in [4.78, 5) is 37.2. The summed E-state index contributed by atoms with van der Waals surface area (Å²) < 4.78 is 3.10. The molecule has 0 unspecified atom stereocenters. The van der Waals surface area contributed by atoms with Crippen LogP contribution in [-0.2, 0) is 6.54 Å². The van der Waals surface area contributed by atoms with E-state index in [0.717, 1.165) is 26.5 Å². The molecular formula is C21H16N4O2S2. The van der Waals surface area contributed by atoms with Crippen LogP contribution >= 0.6 is 22.7 Å². The Balaban J connectivity index is 1.66. The number of hydrogen-bond donors (Lipinski definition) is 0. The summed E-state index contributed by atoms with van der Waals surface area (Å²) in [5.74, 6) is 0. The van der Waals surface area contributed by atoms with Crippen LogP contribution in [0.1, 0.15) is 16.3 Å². The maximum atomic E-state index is 13.3. The molecule has 4 aromatic heterocycles. The first-order valence-electron chi connectivity index (χ1n) is 9.03. The van der Waals surface area contributed by atoms with E-state index in [2.05, 4.69) is 9.97 Å². The first-order chi connectivity index (χ1) is 14.0. The maximum Gasteiger partial charge on any atom is 0.263 e. The number of benzene rings is 1. The second-order valence-corrected chi connectivity index (χ2v) is 8.88. The van der Waals surface area contributed by atoms with Gasteiger partial charge in [0.15, 0.2) is 4.96 Å². The lowest BCUT2D eigenvalue weighted by Crippen LogP contribution is -2.23. The van der Waals surface area contributed by atoms with E-state index in [1.165, 1.54) is 33.3 Å². The fraction of sp³-hybridized carbons (Fsp3) is 0.143. The molecule has 1 aromatic carbocycles. The maximum absolute atomic E-state index is 13.3. The Morgan fingerprint density at radius 1 is 1.10 bits per heavy atom. The number of nitrogens with zero attached hydrogens (tertiary/aromatic N) is 4. The van der Waals surface area contributed by atoms with E-state index in [4.69, 9.17) is 0 Å². The predicted molar refractivity (Wildman–Crippen MR) is 117 cm³/mol. The quantitative estimate of drug-likeness (QED) is 0.444. The van der Waals surface area contributed by atoms with Gasteiger partial charge in [-0.25, -0.2) is 9.97 Å². The molecule has 5 aromatic rings. The van der Waals surface area contributed by atoms with E-state index in [1.807, 2.05) is 49.6 Å². The molecule has 0 bridgehead atoms. The van der Waals surface area contributed by atoms with E-state index >= 15 is 0 Å². The van der Waals surface area contributed by atoms with Crippen molar-refractivity contribution in [2.24, 2.45) is 0 Å². The summed E-state index contributed by atoms with van der Waals surface area (Å²) in [6.07, 6.45) is 1.54. The first kappa shape index (κ1) is 18.0. The zero-order valence-electron chi connectivity index (χ0n) is 15.7. The molecule has 5 rings (SSSR count). The van der Waals surface area contributed by atoms with Crippen molar-refractivity contribution in [2.75, 3.05) is 0 Å². The van der Waals surface area contributed by atoms with Crippen LogP contribution in [0.4, 0.5) is 0 Å². The smallest absolute Gasteiger partial charge is 0.263 e. The molecular weight excluding hydrogens is 404 g/mol. The topological polar surface area (TPSA) is 69.3 Å². The minimum atomic E-state index is -0.137. The van der Waals surface area contributed by atoms with Crippen LogP contribution in [0.3, 0.4) is 0 Å². The fourth-order valence-electron chi connectivity index (χ4n) is 3.56. The van der Waals surface area contributed by atoms with Crippen molar-refractivity contribution in [3.05, 3.63) is 85.1 Å². The summed E-state index contributed by atoms with van der Waals surface area (Å²) in [6, 6.07) is 11.4. The van der Waals surface area contributed by atoms with Gasteiger partial charge in [-0.15, -0.1) is 22.7 Å². The summed E-state index contributed by atoms with van der Waals surface area (Å²) in [7, 11) is 0. The van der Waals surface area contributed by atoms with Crippen molar-refractivity contribution < 1.29 is 0 Å². The number of fused-ring (bicyclic) bond motifs is 2. The summed E-state index contributed by atoms with van der Waals surface area (Å²) in [5.41, 5.74) is 3.07. The highest BCUT2D eigenvalue weighted by Gasteiger charge is 2.17. The van der Waals surface area contributed by atoms with Gasteiger partial charge in [0.25, 0.3) is 11.1 Å². The second-order valence-electron chi connectivity index (χ2n) is 6.84. The van der Waals surface area contributed by atoms with Crippen LogP contribution in [-0.4, -0.2) is 18.9 Å². The monoisotopic (exact) mass is 420 g/mol. The Bertz CT molecular complexity index is 1490. The average Bonchev–Trinajstić information content (AvgIpc) is 3.25. The van der Waals surface area contributed by atoms with Gasteiger partial charge in [-0.1, -0.05) is 30.3 Å². The van der Waals surface area contributed by atoms with Gasteiger partial charge in [-0.2, -0.15) is 0 Å². The van der Waals surface area contributed by atoms with Crippen LogP contribution in [0.2, 0.25) is 0 Å². The largest absolute Gasteiger partial charge is 0.293 e. The Labute approximate surface area is 173 Å². The van der Waals surface area contributed by atoms with Crippen molar-refractivity contribution in [3.8, 4) is 11.1 Å². The summed E-state index contributed by atoms with van der Waals surface area (Å²) >= 11 is 2.93. The van der Waals surface area contributed by atoms with Gasteiger partial charge in [-0.3, -0.25) is 18.6 Å². The second kappa shape index (κ2) is 6.75. The minimum absolute atomic E-state index is 0.123. The molecule has 0 radical (unpaired) electrons. The molecule has 0 N–H and O–H groups in total. The number of aryl methyl sites for hydroxylation is 2. The third-order valence-corrected chi connectivity index (χ3v) is 6.84. The van der Waals surface area contributed by atoms with E-state index in [1.54, 1.807) is 10.7 Å². The Morgan fingerprint density at radius 2 is 1.90 bits per heavy atom. The number of hydrogen-bond acceptors (Lipinski definition) is 6. The number of aromatic nitrogens is 4. The standard InChI is InChI=1S/C21H16N4O2S2/c1-12-10-28-21-23-15(8-16(26)25(12)21)9-24-11-22-19-18(20(24)27)17(13(2)29-19)14-6-4-3-5-7-14/h3-8,10-11H,9H2,1-2H3. The molecule has 8 heteroatoms. The van der Waals surface area contributed by atoms with Gasteiger partial charge in [0.1, 0.15) is 4.83 Å². The zero-order chi connectivity index (χ0) is 20.1. The lowest BCUT2D eigenvalue weighted by Gasteiger charge is -2.07. The van der Waals surface area contributed by atoms with Crippen LogP contribution < -0.4 is 11.1 Å². The zero-order valence-corrected chi connectivity index (χ0v) is 17.4. The van der Waals surface area contributed by atoms with Gasteiger partial charge in [-0.05, 0) is 19.4 Å². The summed E-state index contributed by atoms with van der Waals surface area (Å²) in [5, 5.41) is 2.51. The van der Waals surface area contributed by atoms with Crippen molar-refractivity contribution in [1.82, 2.24) is 18.9 Å². The molecule has 0 saturated heterocycles. The molecule has 0 aliphatic carbocycles. The molecule has 0 amide bonds. The molecule has 0 aliphatic heterocycles. The van der Waals surface area contributed by atoms with Crippen molar-refractivity contribution in [2.45, 2.75) is 20.4 Å². The van der Waals surface area contributed by atoms with Crippen molar-refractivity contribution in [1.29, 1.82) is 0 Å². The van der Waals surface area contributed by atoms with E-state index in [0.29, 0.717) is 16.0 Å². The summed E-state index contributed by atoms with van der Waals surface area (Å²) in [6.45, 7) is 4.08. The highest BCUT2D eigenvalue weighted by molar-refractivity contribution is 7.19. The van der Waals surface area contributed by atoms with E-state index < -0.39 is 0 Å². The Hall–Kier alpha value is -3.10.